The van der Waals surface area contributed by atoms with E-state index in [2.05, 4.69) is 23.5 Å². The molecule has 0 saturated carbocycles. The lowest BCUT2D eigenvalue weighted by Gasteiger charge is -2.27. The van der Waals surface area contributed by atoms with Gasteiger partial charge in [0.2, 0.25) is 0 Å². The number of hydrogen-bond donors (Lipinski definition) is 1. The van der Waals surface area contributed by atoms with Gasteiger partial charge in [0.05, 0.1) is 13.2 Å². The molecule has 0 aliphatic carbocycles. The molecule has 17 heavy (non-hydrogen) atoms. The van der Waals surface area contributed by atoms with Gasteiger partial charge in [0, 0.05) is 30.0 Å². The SMILES string of the molecule is CNC(C1CCOC1)C1COc2ccccc21. The van der Waals surface area contributed by atoms with Crippen molar-refractivity contribution >= 4 is 0 Å². The van der Waals surface area contributed by atoms with Crippen LogP contribution in [-0.2, 0) is 4.74 Å². The third-order valence-corrected chi connectivity index (χ3v) is 3.98. The summed E-state index contributed by atoms with van der Waals surface area (Å²) < 4.78 is 11.3. The predicted octanol–water partition coefficient (Wildman–Crippen LogP) is 1.79. The Kier molecular flexibility index (Phi) is 3.04. The minimum absolute atomic E-state index is 0.459. The van der Waals surface area contributed by atoms with E-state index >= 15 is 0 Å². The quantitative estimate of drug-likeness (QED) is 0.863. The molecule has 1 saturated heterocycles. The number of hydrogen-bond acceptors (Lipinski definition) is 3. The van der Waals surface area contributed by atoms with Crippen LogP contribution in [0.1, 0.15) is 17.9 Å². The monoisotopic (exact) mass is 233 g/mol. The Morgan fingerprint density at radius 1 is 1.29 bits per heavy atom. The van der Waals surface area contributed by atoms with Crippen LogP contribution in [0.5, 0.6) is 5.75 Å². The Balaban J connectivity index is 1.84. The van der Waals surface area contributed by atoms with Crippen molar-refractivity contribution in [2.45, 2.75) is 18.4 Å². The second-order valence-corrected chi connectivity index (χ2v) is 4.89. The van der Waals surface area contributed by atoms with Crippen LogP contribution >= 0.6 is 0 Å². The minimum atomic E-state index is 0.459. The molecule has 3 atom stereocenters. The first kappa shape index (κ1) is 11.1. The molecule has 0 amide bonds. The lowest BCUT2D eigenvalue weighted by Crippen LogP contribution is -2.40. The van der Waals surface area contributed by atoms with E-state index in [9.17, 15) is 0 Å². The molecule has 3 heteroatoms. The zero-order chi connectivity index (χ0) is 11.7. The summed E-state index contributed by atoms with van der Waals surface area (Å²) in [7, 11) is 2.05. The molecule has 2 heterocycles. The smallest absolute Gasteiger partial charge is 0.122 e. The van der Waals surface area contributed by atoms with Crippen molar-refractivity contribution in [2.24, 2.45) is 5.92 Å². The molecule has 3 nitrogen and oxygen atoms in total. The summed E-state index contributed by atoms with van der Waals surface area (Å²) >= 11 is 0. The van der Waals surface area contributed by atoms with Crippen LogP contribution in [0.25, 0.3) is 0 Å². The minimum Gasteiger partial charge on any atom is -0.493 e. The number of rotatable bonds is 3. The zero-order valence-corrected chi connectivity index (χ0v) is 10.2. The summed E-state index contributed by atoms with van der Waals surface area (Å²) in [5.41, 5.74) is 1.35. The highest BCUT2D eigenvalue weighted by Crippen LogP contribution is 2.38. The standard InChI is InChI=1S/C14H19NO2/c1-15-14(10-6-7-16-8-10)12-9-17-13-5-3-2-4-11(12)13/h2-5,10,12,14-15H,6-9H2,1H3. The van der Waals surface area contributed by atoms with Crippen LogP contribution in [0, 0.1) is 5.92 Å². The molecule has 1 N–H and O–H groups in total. The normalized spacial score (nSPS) is 28.8. The molecular formula is C14H19NO2. The Labute approximate surface area is 102 Å². The maximum absolute atomic E-state index is 5.77. The van der Waals surface area contributed by atoms with Crippen molar-refractivity contribution < 1.29 is 9.47 Å². The molecule has 0 bridgehead atoms. The Bertz CT molecular complexity index is 388. The molecule has 0 aromatic heterocycles. The van der Waals surface area contributed by atoms with Gasteiger partial charge in [0.25, 0.3) is 0 Å². The van der Waals surface area contributed by atoms with Crippen LogP contribution < -0.4 is 10.1 Å². The van der Waals surface area contributed by atoms with E-state index in [4.69, 9.17) is 9.47 Å². The Morgan fingerprint density at radius 3 is 2.94 bits per heavy atom. The highest BCUT2D eigenvalue weighted by molar-refractivity contribution is 5.40. The summed E-state index contributed by atoms with van der Waals surface area (Å²) in [6, 6.07) is 8.84. The van der Waals surface area contributed by atoms with Gasteiger partial charge >= 0.3 is 0 Å². The van der Waals surface area contributed by atoms with Crippen molar-refractivity contribution in [3.63, 3.8) is 0 Å². The van der Waals surface area contributed by atoms with Crippen molar-refractivity contribution in [3.8, 4) is 5.75 Å². The van der Waals surface area contributed by atoms with Gasteiger partial charge in [-0.3, -0.25) is 0 Å². The summed E-state index contributed by atoms with van der Waals surface area (Å²) in [5, 5.41) is 3.47. The maximum atomic E-state index is 5.77. The van der Waals surface area contributed by atoms with E-state index in [-0.39, 0.29) is 0 Å². The zero-order valence-electron chi connectivity index (χ0n) is 10.2. The third kappa shape index (κ3) is 1.94. The first-order chi connectivity index (χ1) is 8.40. The number of fused-ring (bicyclic) bond motifs is 1. The summed E-state index contributed by atoms with van der Waals surface area (Å²) in [4.78, 5) is 0. The van der Waals surface area contributed by atoms with Crippen molar-refractivity contribution in [2.75, 3.05) is 26.9 Å². The maximum Gasteiger partial charge on any atom is 0.122 e. The Hall–Kier alpha value is -1.06. The first-order valence-electron chi connectivity index (χ1n) is 6.37. The largest absolute Gasteiger partial charge is 0.493 e. The van der Waals surface area contributed by atoms with Gasteiger partial charge in [-0.15, -0.1) is 0 Å². The van der Waals surface area contributed by atoms with Crippen LogP contribution in [0.15, 0.2) is 24.3 Å². The van der Waals surface area contributed by atoms with Crippen molar-refractivity contribution in [1.82, 2.24) is 5.32 Å². The average molecular weight is 233 g/mol. The predicted molar refractivity (Wildman–Crippen MR) is 66.5 cm³/mol. The van der Waals surface area contributed by atoms with Gasteiger partial charge < -0.3 is 14.8 Å². The van der Waals surface area contributed by atoms with E-state index in [0.29, 0.717) is 17.9 Å². The van der Waals surface area contributed by atoms with Crippen LogP contribution in [0.2, 0.25) is 0 Å². The summed E-state index contributed by atoms with van der Waals surface area (Å²) in [6.45, 7) is 2.57. The van der Waals surface area contributed by atoms with Crippen LogP contribution in [-0.4, -0.2) is 32.9 Å². The molecule has 92 valence electrons. The highest BCUT2D eigenvalue weighted by atomic mass is 16.5. The lowest BCUT2D eigenvalue weighted by molar-refractivity contribution is 0.170. The fourth-order valence-corrected chi connectivity index (χ4v) is 3.09. The van der Waals surface area contributed by atoms with E-state index < -0.39 is 0 Å². The molecule has 0 radical (unpaired) electrons. The molecule has 1 fully saturated rings. The van der Waals surface area contributed by atoms with Crippen molar-refractivity contribution in [3.05, 3.63) is 29.8 Å². The van der Waals surface area contributed by atoms with Crippen molar-refractivity contribution in [1.29, 1.82) is 0 Å². The molecule has 1 aromatic carbocycles. The second kappa shape index (κ2) is 4.67. The van der Waals surface area contributed by atoms with Crippen LogP contribution in [0.4, 0.5) is 0 Å². The number of likely N-dealkylation sites (N-methyl/N-ethyl adjacent to an activating group) is 1. The fraction of sp³-hybridized carbons (Fsp3) is 0.571. The highest BCUT2D eigenvalue weighted by Gasteiger charge is 2.36. The molecular weight excluding hydrogens is 214 g/mol. The summed E-state index contributed by atoms with van der Waals surface area (Å²) in [6.07, 6.45) is 1.16. The molecule has 1 aromatic rings. The number of ether oxygens (including phenoxy) is 2. The van der Waals surface area contributed by atoms with Crippen LogP contribution in [0.3, 0.4) is 0 Å². The first-order valence-corrected chi connectivity index (χ1v) is 6.37. The van der Waals surface area contributed by atoms with Gasteiger partial charge in [-0.05, 0) is 19.5 Å². The molecule has 3 unspecified atom stereocenters. The van der Waals surface area contributed by atoms with Gasteiger partial charge in [0.15, 0.2) is 0 Å². The van der Waals surface area contributed by atoms with Gasteiger partial charge in [-0.1, -0.05) is 18.2 Å². The molecule has 3 rings (SSSR count). The average Bonchev–Trinajstić information content (AvgIpc) is 3.01. The van der Waals surface area contributed by atoms with Gasteiger partial charge in [0.1, 0.15) is 5.75 Å². The number of nitrogens with one attached hydrogen (secondary N) is 1. The Morgan fingerprint density at radius 2 is 2.18 bits per heavy atom. The number of para-hydroxylation sites is 1. The third-order valence-electron chi connectivity index (χ3n) is 3.98. The second-order valence-electron chi connectivity index (χ2n) is 4.89. The fourth-order valence-electron chi connectivity index (χ4n) is 3.09. The topological polar surface area (TPSA) is 30.5 Å². The van der Waals surface area contributed by atoms with Gasteiger partial charge in [-0.2, -0.15) is 0 Å². The molecule has 2 aliphatic rings. The number of benzene rings is 1. The summed E-state index contributed by atoms with van der Waals surface area (Å²) in [5.74, 6) is 2.12. The van der Waals surface area contributed by atoms with E-state index in [1.165, 1.54) is 5.56 Å². The van der Waals surface area contributed by atoms with E-state index in [1.807, 2.05) is 13.1 Å². The van der Waals surface area contributed by atoms with E-state index in [0.717, 1.165) is 32.0 Å². The molecule has 0 spiro atoms. The molecule has 2 aliphatic heterocycles. The van der Waals surface area contributed by atoms with E-state index in [1.54, 1.807) is 0 Å². The lowest BCUT2D eigenvalue weighted by atomic mass is 9.84. The van der Waals surface area contributed by atoms with Gasteiger partial charge in [-0.25, -0.2) is 0 Å².